The number of rotatable bonds is 4. The molecule has 0 saturated carbocycles. The van der Waals surface area contributed by atoms with E-state index >= 15 is 0 Å². The summed E-state index contributed by atoms with van der Waals surface area (Å²) in [6.45, 7) is 1.69. The van der Waals surface area contributed by atoms with Crippen LogP contribution in [-0.4, -0.2) is 5.11 Å². The Labute approximate surface area is 126 Å². The fourth-order valence-electron chi connectivity index (χ4n) is 1.76. The molecule has 0 unspecified atom stereocenters. The van der Waals surface area contributed by atoms with E-state index in [0.29, 0.717) is 15.8 Å². The molecule has 2 aromatic rings. The lowest BCUT2D eigenvalue weighted by Gasteiger charge is -2.11. The molecule has 0 spiro atoms. The van der Waals surface area contributed by atoms with Gasteiger partial charge in [-0.1, -0.05) is 35.3 Å². The zero-order valence-corrected chi connectivity index (χ0v) is 12.2. The van der Waals surface area contributed by atoms with Gasteiger partial charge in [-0.3, -0.25) is 0 Å². The van der Waals surface area contributed by atoms with E-state index in [-0.39, 0.29) is 12.2 Å². The predicted molar refractivity (Wildman–Crippen MR) is 77.8 cm³/mol. The van der Waals surface area contributed by atoms with Crippen LogP contribution in [0.4, 0.5) is 4.39 Å². The molecule has 0 radical (unpaired) electrons. The molecule has 0 aliphatic rings. The second kappa shape index (κ2) is 6.44. The van der Waals surface area contributed by atoms with Gasteiger partial charge in [-0.15, -0.1) is 0 Å². The molecular weight excluding hydrogens is 302 g/mol. The molecule has 1 atom stereocenters. The van der Waals surface area contributed by atoms with Gasteiger partial charge in [0.2, 0.25) is 0 Å². The number of ether oxygens (including phenoxy) is 1. The van der Waals surface area contributed by atoms with Crippen molar-refractivity contribution < 1.29 is 14.2 Å². The summed E-state index contributed by atoms with van der Waals surface area (Å²) in [5.74, 6) is -0.141. The van der Waals surface area contributed by atoms with Crippen LogP contribution in [0.15, 0.2) is 36.4 Å². The highest BCUT2D eigenvalue weighted by Gasteiger charge is 2.10. The average Bonchev–Trinajstić information content (AvgIpc) is 2.40. The molecule has 106 valence electrons. The summed E-state index contributed by atoms with van der Waals surface area (Å²) >= 11 is 11.9. The zero-order valence-electron chi connectivity index (χ0n) is 10.7. The maximum atomic E-state index is 13.7. The van der Waals surface area contributed by atoms with Gasteiger partial charge in [0, 0.05) is 17.2 Å². The van der Waals surface area contributed by atoms with Gasteiger partial charge in [0.05, 0.1) is 16.1 Å². The Kier molecular flexibility index (Phi) is 4.86. The van der Waals surface area contributed by atoms with E-state index in [1.54, 1.807) is 24.3 Å². The van der Waals surface area contributed by atoms with Crippen LogP contribution >= 0.6 is 23.2 Å². The first-order valence-electron chi connectivity index (χ1n) is 6.02. The monoisotopic (exact) mass is 314 g/mol. The minimum atomic E-state index is -0.855. The minimum Gasteiger partial charge on any atom is -0.489 e. The highest BCUT2D eigenvalue weighted by Crippen LogP contribution is 2.27. The molecule has 2 nitrogen and oxygen atoms in total. The largest absolute Gasteiger partial charge is 0.489 e. The highest BCUT2D eigenvalue weighted by atomic mass is 35.5. The molecule has 0 aliphatic carbocycles. The van der Waals surface area contributed by atoms with Crippen molar-refractivity contribution in [1.82, 2.24) is 0 Å². The van der Waals surface area contributed by atoms with Crippen molar-refractivity contribution >= 4 is 23.2 Å². The first-order valence-corrected chi connectivity index (χ1v) is 6.78. The van der Waals surface area contributed by atoms with Crippen LogP contribution in [0.5, 0.6) is 5.75 Å². The molecular formula is C15H13Cl2FO2. The average molecular weight is 315 g/mol. The van der Waals surface area contributed by atoms with Crippen molar-refractivity contribution in [3.05, 3.63) is 63.4 Å². The second-order valence-corrected chi connectivity index (χ2v) is 5.15. The van der Waals surface area contributed by atoms with E-state index < -0.39 is 11.9 Å². The molecule has 0 fully saturated rings. The third-order valence-corrected chi connectivity index (χ3v) is 3.71. The Hall–Kier alpha value is -1.29. The van der Waals surface area contributed by atoms with Gasteiger partial charge in [-0.25, -0.2) is 4.39 Å². The minimum absolute atomic E-state index is 0.187. The lowest BCUT2D eigenvalue weighted by Crippen LogP contribution is -1.99. The number of hydrogen-bond donors (Lipinski definition) is 1. The summed E-state index contributed by atoms with van der Waals surface area (Å²) in [5.41, 5.74) is 0.956. The van der Waals surface area contributed by atoms with Gasteiger partial charge < -0.3 is 9.84 Å². The number of aliphatic hydroxyl groups is 1. The first kappa shape index (κ1) is 15.1. The van der Waals surface area contributed by atoms with Crippen LogP contribution < -0.4 is 4.74 Å². The van der Waals surface area contributed by atoms with E-state index in [0.717, 1.165) is 5.56 Å². The maximum absolute atomic E-state index is 13.7. The van der Waals surface area contributed by atoms with Crippen molar-refractivity contribution in [3.8, 4) is 5.75 Å². The third kappa shape index (κ3) is 3.42. The topological polar surface area (TPSA) is 29.5 Å². The van der Waals surface area contributed by atoms with Crippen molar-refractivity contribution in [3.63, 3.8) is 0 Å². The van der Waals surface area contributed by atoms with Crippen molar-refractivity contribution in [2.45, 2.75) is 19.6 Å². The first-order chi connectivity index (χ1) is 9.49. The van der Waals surface area contributed by atoms with Gasteiger partial charge in [-0.05, 0) is 25.1 Å². The molecule has 0 amide bonds. The number of hydrogen-bond acceptors (Lipinski definition) is 2. The molecule has 1 N–H and O–H groups in total. The van der Waals surface area contributed by atoms with E-state index in [2.05, 4.69) is 0 Å². The molecule has 20 heavy (non-hydrogen) atoms. The molecule has 0 saturated heterocycles. The van der Waals surface area contributed by atoms with E-state index in [1.165, 1.54) is 19.1 Å². The molecule has 0 aromatic heterocycles. The van der Waals surface area contributed by atoms with Gasteiger partial charge in [-0.2, -0.15) is 0 Å². The molecule has 0 aliphatic heterocycles. The van der Waals surface area contributed by atoms with Gasteiger partial charge in [0.1, 0.15) is 18.2 Å². The smallest absolute Gasteiger partial charge is 0.132 e. The number of aliphatic hydroxyl groups excluding tert-OH is 1. The number of halogens is 3. The fraction of sp³-hybridized carbons (Fsp3) is 0.200. The molecule has 0 bridgehead atoms. The summed E-state index contributed by atoms with van der Waals surface area (Å²) in [6.07, 6.45) is -0.855. The predicted octanol–water partition coefficient (Wildman–Crippen LogP) is 4.76. The van der Waals surface area contributed by atoms with Crippen LogP contribution in [0.25, 0.3) is 0 Å². The van der Waals surface area contributed by atoms with Crippen LogP contribution in [0.2, 0.25) is 10.0 Å². The fourth-order valence-corrected chi connectivity index (χ4v) is 2.13. The van der Waals surface area contributed by atoms with Crippen molar-refractivity contribution in [2.75, 3.05) is 0 Å². The summed E-state index contributed by atoms with van der Waals surface area (Å²) in [4.78, 5) is 0. The van der Waals surface area contributed by atoms with E-state index in [1.807, 2.05) is 0 Å². The molecule has 2 rings (SSSR count). The quantitative estimate of drug-likeness (QED) is 0.881. The summed E-state index contributed by atoms with van der Waals surface area (Å²) in [5, 5.41) is 10.2. The summed E-state index contributed by atoms with van der Waals surface area (Å²) in [6, 6.07) is 9.57. The SMILES string of the molecule is C[C@@H](O)c1ccc(OCc2cccc(Cl)c2Cl)cc1F. The Morgan fingerprint density at radius 1 is 1.25 bits per heavy atom. The lowest BCUT2D eigenvalue weighted by molar-refractivity contribution is 0.194. The van der Waals surface area contributed by atoms with Gasteiger partial charge in [0.25, 0.3) is 0 Å². The van der Waals surface area contributed by atoms with Crippen molar-refractivity contribution in [1.29, 1.82) is 0 Å². The highest BCUT2D eigenvalue weighted by molar-refractivity contribution is 6.42. The van der Waals surface area contributed by atoms with Crippen LogP contribution in [-0.2, 0) is 6.61 Å². The molecule has 0 heterocycles. The lowest BCUT2D eigenvalue weighted by atomic mass is 10.1. The van der Waals surface area contributed by atoms with Crippen LogP contribution in [0.1, 0.15) is 24.2 Å². The molecule has 5 heteroatoms. The van der Waals surface area contributed by atoms with E-state index in [9.17, 15) is 9.50 Å². The Morgan fingerprint density at radius 2 is 2.00 bits per heavy atom. The maximum Gasteiger partial charge on any atom is 0.132 e. The number of benzene rings is 2. The Bertz CT molecular complexity index is 615. The Balaban J connectivity index is 2.11. The standard InChI is InChI=1S/C15H13Cl2FO2/c1-9(19)12-6-5-11(7-14(12)18)20-8-10-3-2-4-13(16)15(10)17/h2-7,9,19H,8H2,1H3/t9-/m1/s1. The normalized spacial score (nSPS) is 12.2. The van der Waals surface area contributed by atoms with Gasteiger partial charge >= 0.3 is 0 Å². The van der Waals surface area contributed by atoms with Gasteiger partial charge in [0.15, 0.2) is 0 Å². The summed E-state index contributed by atoms with van der Waals surface area (Å²) < 4.78 is 19.2. The van der Waals surface area contributed by atoms with Crippen molar-refractivity contribution in [2.24, 2.45) is 0 Å². The van der Waals surface area contributed by atoms with E-state index in [4.69, 9.17) is 27.9 Å². The molecule has 2 aromatic carbocycles. The second-order valence-electron chi connectivity index (χ2n) is 4.36. The zero-order chi connectivity index (χ0) is 14.7. The third-order valence-electron chi connectivity index (χ3n) is 2.85. The Morgan fingerprint density at radius 3 is 2.65 bits per heavy atom. The van der Waals surface area contributed by atoms with Crippen LogP contribution in [0.3, 0.4) is 0 Å². The van der Waals surface area contributed by atoms with Crippen LogP contribution in [0, 0.1) is 5.82 Å². The summed E-state index contributed by atoms with van der Waals surface area (Å²) in [7, 11) is 0.